The van der Waals surface area contributed by atoms with Gasteiger partial charge in [0.25, 0.3) is 0 Å². The molecule has 3 aromatic rings. The van der Waals surface area contributed by atoms with E-state index < -0.39 is 0 Å². The second-order valence-corrected chi connectivity index (χ2v) is 8.34. The highest BCUT2D eigenvalue weighted by Gasteiger charge is 2.12. The largest absolute Gasteiger partial charge is 0.493 e. The predicted molar refractivity (Wildman–Crippen MR) is 120 cm³/mol. The molecule has 30 heavy (non-hydrogen) atoms. The summed E-state index contributed by atoms with van der Waals surface area (Å²) in [5, 5.41) is 16.9. The summed E-state index contributed by atoms with van der Waals surface area (Å²) >= 11 is 13.9. The van der Waals surface area contributed by atoms with E-state index in [4.69, 9.17) is 32.7 Å². The second-order valence-electron chi connectivity index (χ2n) is 6.44. The van der Waals surface area contributed by atoms with Crippen LogP contribution in [0, 0.1) is 0 Å². The molecule has 0 amide bonds. The lowest BCUT2D eigenvalue weighted by atomic mass is 10.1. The zero-order valence-corrected chi connectivity index (χ0v) is 19.1. The van der Waals surface area contributed by atoms with Gasteiger partial charge in [0.2, 0.25) is 5.16 Å². The number of halogens is 2. The van der Waals surface area contributed by atoms with E-state index >= 15 is 0 Å². The van der Waals surface area contributed by atoms with E-state index in [-0.39, 0.29) is 0 Å². The molecule has 0 radical (unpaired) electrons. The first-order chi connectivity index (χ1) is 14.6. The van der Waals surface area contributed by atoms with E-state index in [0.717, 1.165) is 35.0 Å². The fraction of sp³-hybridized carbons (Fsp3) is 0.350. The number of thioether (sulfide) groups is 1. The summed E-state index contributed by atoms with van der Waals surface area (Å²) in [6.07, 6.45) is 0.984. The van der Waals surface area contributed by atoms with E-state index in [0.29, 0.717) is 34.7 Å². The van der Waals surface area contributed by atoms with Crippen LogP contribution in [0.2, 0.25) is 10.0 Å². The van der Waals surface area contributed by atoms with Gasteiger partial charge in [-0.2, -0.15) is 0 Å². The summed E-state index contributed by atoms with van der Waals surface area (Å²) in [6, 6.07) is 11.2. The van der Waals surface area contributed by atoms with Crippen molar-refractivity contribution >= 4 is 35.0 Å². The Hall–Kier alpha value is -2.00. The Balaban J connectivity index is 1.53. The van der Waals surface area contributed by atoms with Gasteiger partial charge in [-0.15, -0.1) is 5.10 Å². The van der Waals surface area contributed by atoms with Crippen LogP contribution >= 0.6 is 35.0 Å². The number of aryl methyl sites for hydroxylation is 1. The van der Waals surface area contributed by atoms with Crippen LogP contribution in [0.5, 0.6) is 11.5 Å². The highest BCUT2D eigenvalue weighted by Crippen LogP contribution is 2.32. The molecule has 0 aliphatic rings. The van der Waals surface area contributed by atoms with E-state index in [1.165, 1.54) is 0 Å². The van der Waals surface area contributed by atoms with Crippen LogP contribution in [0.3, 0.4) is 0 Å². The van der Waals surface area contributed by atoms with E-state index in [1.54, 1.807) is 35.7 Å². The van der Waals surface area contributed by atoms with Crippen LogP contribution in [-0.4, -0.2) is 39.6 Å². The summed E-state index contributed by atoms with van der Waals surface area (Å²) < 4.78 is 13.2. The van der Waals surface area contributed by atoms with Gasteiger partial charge in [0.15, 0.2) is 11.5 Å². The Morgan fingerprint density at radius 1 is 1.17 bits per heavy atom. The smallest absolute Gasteiger partial charge is 0.209 e. The molecule has 0 spiro atoms. The molecule has 1 aromatic heterocycles. The minimum Gasteiger partial charge on any atom is -0.493 e. The number of rotatable bonds is 11. The standard InChI is InChI=1S/C20H23Cl2N5O2S/c1-27-20(24-25-26-27)30-10-4-9-23-12-14-5-3-6-18(28-2)19(14)29-13-15-7-8-16(21)11-17(15)22/h3,5-8,11,23H,4,9-10,12-13H2,1-2H3. The van der Waals surface area contributed by atoms with Gasteiger partial charge in [-0.05, 0) is 41.6 Å². The third-order valence-corrected chi connectivity index (χ3v) is 5.98. The zero-order chi connectivity index (χ0) is 21.3. The zero-order valence-electron chi connectivity index (χ0n) is 16.8. The van der Waals surface area contributed by atoms with E-state index in [1.807, 2.05) is 31.3 Å². The Labute approximate surface area is 190 Å². The van der Waals surface area contributed by atoms with Gasteiger partial charge >= 0.3 is 0 Å². The molecule has 0 bridgehead atoms. The molecule has 1 heterocycles. The van der Waals surface area contributed by atoms with E-state index in [9.17, 15) is 0 Å². The number of ether oxygens (including phenoxy) is 2. The molecule has 2 aromatic carbocycles. The third kappa shape index (κ3) is 6.25. The molecule has 0 saturated heterocycles. The summed E-state index contributed by atoms with van der Waals surface area (Å²) in [6.45, 7) is 1.85. The Morgan fingerprint density at radius 3 is 2.77 bits per heavy atom. The Bertz CT molecular complexity index is 970. The fourth-order valence-electron chi connectivity index (χ4n) is 2.74. The maximum absolute atomic E-state index is 6.26. The number of tetrazole rings is 1. The van der Waals surface area contributed by atoms with Crippen molar-refractivity contribution in [1.82, 2.24) is 25.5 Å². The monoisotopic (exact) mass is 467 g/mol. The summed E-state index contributed by atoms with van der Waals surface area (Å²) in [5.41, 5.74) is 1.88. The number of benzene rings is 2. The van der Waals surface area contributed by atoms with Crippen LogP contribution in [-0.2, 0) is 20.2 Å². The molecular weight excluding hydrogens is 445 g/mol. The molecule has 0 unspecified atom stereocenters. The first-order valence-corrected chi connectivity index (χ1v) is 11.1. The summed E-state index contributed by atoms with van der Waals surface area (Å²) in [5.74, 6) is 2.32. The molecule has 10 heteroatoms. The van der Waals surface area contributed by atoms with Gasteiger partial charge < -0.3 is 14.8 Å². The van der Waals surface area contributed by atoms with Gasteiger partial charge in [-0.3, -0.25) is 0 Å². The Kier molecular flexibility index (Phi) is 8.62. The lowest BCUT2D eigenvalue weighted by Gasteiger charge is -2.16. The molecule has 1 N–H and O–H groups in total. The van der Waals surface area contributed by atoms with Gasteiger partial charge in [-0.25, -0.2) is 4.68 Å². The normalized spacial score (nSPS) is 10.9. The SMILES string of the molecule is COc1cccc(CNCCCSc2nnnn2C)c1OCc1ccc(Cl)cc1Cl. The van der Waals surface area contributed by atoms with Crippen molar-refractivity contribution < 1.29 is 9.47 Å². The van der Waals surface area contributed by atoms with Crippen molar-refractivity contribution in [1.29, 1.82) is 0 Å². The lowest BCUT2D eigenvalue weighted by Crippen LogP contribution is -2.16. The second kappa shape index (κ2) is 11.4. The molecule has 0 saturated carbocycles. The molecular formula is C20H23Cl2N5O2S. The fourth-order valence-corrected chi connectivity index (χ4v) is 3.99. The van der Waals surface area contributed by atoms with Crippen molar-refractivity contribution in [2.45, 2.75) is 24.7 Å². The van der Waals surface area contributed by atoms with Crippen molar-refractivity contribution in [3.8, 4) is 11.5 Å². The molecule has 3 rings (SSSR count). The number of para-hydroxylation sites is 1. The van der Waals surface area contributed by atoms with Gasteiger partial charge in [0.05, 0.1) is 7.11 Å². The highest BCUT2D eigenvalue weighted by molar-refractivity contribution is 7.99. The number of aromatic nitrogens is 4. The van der Waals surface area contributed by atoms with Crippen molar-refractivity contribution in [2.24, 2.45) is 7.05 Å². The van der Waals surface area contributed by atoms with Crippen molar-refractivity contribution in [3.05, 3.63) is 57.6 Å². The van der Waals surface area contributed by atoms with Gasteiger partial charge in [0, 0.05) is 40.5 Å². The highest BCUT2D eigenvalue weighted by atomic mass is 35.5. The maximum atomic E-state index is 6.26. The number of hydrogen-bond acceptors (Lipinski definition) is 7. The van der Waals surface area contributed by atoms with E-state index in [2.05, 4.69) is 20.8 Å². The summed E-state index contributed by atoms with van der Waals surface area (Å²) in [4.78, 5) is 0. The molecule has 0 aliphatic heterocycles. The first kappa shape index (κ1) is 22.7. The first-order valence-electron chi connectivity index (χ1n) is 9.37. The topological polar surface area (TPSA) is 74.1 Å². The average molecular weight is 468 g/mol. The average Bonchev–Trinajstić information content (AvgIpc) is 3.15. The lowest BCUT2D eigenvalue weighted by molar-refractivity contribution is 0.280. The summed E-state index contributed by atoms with van der Waals surface area (Å²) in [7, 11) is 3.47. The maximum Gasteiger partial charge on any atom is 0.209 e. The van der Waals surface area contributed by atoms with Crippen LogP contribution in [0.15, 0.2) is 41.6 Å². The van der Waals surface area contributed by atoms with Gasteiger partial charge in [-0.1, -0.05) is 53.2 Å². The number of hydrogen-bond donors (Lipinski definition) is 1. The predicted octanol–water partition coefficient (Wildman–Crippen LogP) is 4.38. The molecule has 0 aliphatic carbocycles. The van der Waals surface area contributed by atoms with Crippen molar-refractivity contribution in [3.63, 3.8) is 0 Å². The Morgan fingerprint density at radius 2 is 2.03 bits per heavy atom. The molecule has 0 fully saturated rings. The minimum atomic E-state index is 0.325. The quantitative estimate of drug-likeness (QED) is 0.331. The number of methoxy groups -OCH3 is 1. The van der Waals surface area contributed by atoms with Crippen LogP contribution < -0.4 is 14.8 Å². The van der Waals surface area contributed by atoms with Crippen LogP contribution in [0.25, 0.3) is 0 Å². The van der Waals surface area contributed by atoms with Crippen LogP contribution in [0.4, 0.5) is 0 Å². The van der Waals surface area contributed by atoms with Crippen molar-refractivity contribution in [2.75, 3.05) is 19.4 Å². The minimum absolute atomic E-state index is 0.325. The van der Waals surface area contributed by atoms with Crippen LogP contribution in [0.1, 0.15) is 17.5 Å². The third-order valence-electron chi connectivity index (χ3n) is 4.29. The molecule has 160 valence electrons. The number of nitrogens with zero attached hydrogens (tertiary/aromatic N) is 4. The molecule has 7 nitrogen and oxygen atoms in total. The molecule has 0 atom stereocenters. The number of nitrogens with one attached hydrogen (secondary N) is 1. The van der Waals surface area contributed by atoms with Gasteiger partial charge in [0.1, 0.15) is 6.61 Å².